The minimum atomic E-state index is -2.03. The number of ether oxygens (including phenoxy) is 15. The molecule has 21 heteroatoms. The number of hydrogen-bond donors (Lipinski definition) is 5. The van der Waals surface area contributed by atoms with Gasteiger partial charge in [0.05, 0.1) is 123 Å². The van der Waals surface area contributed by atoms with Crippen LogP contribution >= 0.6 is 0 Å². The summed E-state index contributed by atoms with van der Waals surface area (Å²) < 4.78 is 102. The number of rotatable bonds is 4. The molecule has 3 spiro atoms. The Bertz CT molecular complexity index is 2430. The predicted octanol–water partition coefficient (Wildman–Crippen LogP) is 3.22. The molecule has 5 N–H and O–H groups in total. The molecule has 0 aliphatic carbocycles. The largest absolute Gasteiger partial charge is 0.459 e. The molecule has 0 saturated carbocycles. The fourth-order valence-corrected chi connectivity index (χ4v) is 18.2. The summed E-state index contributed by atoms with van der Waals surface area (Å²) in [6.45, 7) is 17.2. The molecule has 16 saturated heterocycles. The van der Waals surface area contributed by atoms with Crippen LogP contribution in [0.3, 0.4) is 0 Å². The van der Waals surface area contributed by atoms with Gasteiger partial charge in [-0.2, -0.15) is 0 Å². The molecule has 81 heavy (non-hydrogen) atoms. The number of esters is 1. The van der Waals surface area contributed by atoms with Gasteiger partial charge in [0.1, 0.15) is 36.6 Å². The Hall–Kier alpha value is -1.81. The molecule has 0 aromatic carbocycles. The molecule has 12 bridgehead atoms. The third-order valence-corrected chi connectivity index (χ3v) is 22.2. The van der Waals surface area contributed by atoms with Crippen LogP contribution in [0.25, 0.3) is 0 Å². The van der Waals surface area contributed by atoms with Gasteiger partial charge in [0.25, 0.3) is 0 Å². The lowest BCUT2D eigenvalue weighted by atomic mass is 9.79. The van der Waals surface area contributed by atoms with Gasteiger partial charge in [0, 0.05) is 63.7 Å². The molecule has 16 fully saturated rings. The van der Waals surface area contributed by atoms with Crippen LogP contribution in [0.2, 0.25) is 0 Å². The maximum Gasteiger partial charge on any atom is 0.308 e. The molecule has 16 aliphatic rings. The monoisotopic (exact) mass is 1140 g/mol. The number of aliphatic hydroxyl groups excluding tert-OH is 4. The molecular formula is C60H86O21. The van der Waals surface area contributed by atoms with E-state index in [1.807, 2.05) is 0 Å². The molecule has 0 unspecified atom stereocenters. The van der Waals surface area contributed by atoms with E-state index in [4.69, 9.17) is 71.1 Å². The van der Waals surface area contributed by atoms with Gasteiger partial charge >= 0.3 is 5.97 Å². The van der Waals surface area contributed by atoms with Gasteiger partial charge in [-0.3, -0.25) is 4.79 Å². The van der Waals surface area contributed by atoms with Crippen molar-refractivity contribution in [3.63, 3.8) is 0 Å². The van der Waals surface area contributed by atoms with Crippen LogP contribution in [0.4, 0.5) is 0 Å². The smallest absolute Gasteiger partial charge is 0.308 e. The second-order valence-corrected chi connectivity index (χ2v) is 27.8. The van der Waals surface area contributed by atoms with Gasteiger partial charge in [0.15, 0.2) is 17.7 Å². The van der Waals surface area contributed by atoms with E-state index in [1.54, 1.807) is 0 Å². The van der Waals surface area contributed by atoms with Crippen molar-refractivity contribution < 1.29 is 101 Å². The SMILES string of the molecule is C=C1C[C@@H]2CC[C@@]34O[C@@H]5[C@@H]6O[C@](O)([C@H](O3)[C@@H]6O[C@H]3CC[C@H](CC(=O)O[C@@H]6[C@@H](C)[C@@H]7O[C@@H]8C[C@]9(C[C@@H]%10O[C@]%11(C[C@H](C)[C@@H]%12O[C@H]([C@@H](O)C[C@@H](O)CO)C[C@@H]%12O%11)C[C@H](C)[C@@H]%10O9)O[C@@H]8C[C@@H]7O[C@H]6C[C@H]6O[C@@H](CC[C@@H]1O2)C[C@@H](C)C6=C)O[C@H]53)[C@H]4O. The number of aliphatic hydroxyl groups is 5. The van der Waals surface area contributed by atoms with Gasteiger partial charge in [-0.05, 0) is 73.8 Å². The van der Waals surface area contributed by atoms with Crippen molar-refractivity contribution in [2.75, 3.05) is 6.61 Å². The van der Waals surface area contributed by atoms with Crippen LogP contribution in [-0.4, -0.2) is 214 Å². The van der Waals surface area contributed by atoms with E-state index in [2.05, 4.69) is 40.9 Å². The lowest BCUT2D eigenvalue weighted by molar-refractivity contribution is -0.347. The summed E-state index contributed by atoms with van der Waals surface area (Å²) in [6.07, 6.45) is -5.06. The second-order valence-electron chi connectivity index (χ2n) is 27.8. The van der Waals surface area contributed by atoms with E-state index >= 15 is 0 Å². The van der Waals surface area contributed by atoms with Gasteiger partial charge in [-0.25, -0.2) is 0 Å². The summed E-state index contributed by atoms with van der Waals surface area (Å²) in [4.78, 5) is 14.6. The molecule has 16 aliphatic heterocycles. The molecule has 0 amide bonds. The van der Waals surface area contributed by atoms with Gasteiger partial charge < -0.3 is 96.6 Å². The molecule has 0 aromatic rings. The highest BCUT2D eigenvalue weighted by Crippen LogP contribution is 2.60. The lowest BCUT2D eigenvalue weighted by Crippen LogP contribution is -2.63. The zero-order chi connectivity index (χ0) is 55.8. The van der Waals surface area contributed by atoms with Gasteiger partial charge in [-0.15, -0.1) is 0 Å². The molecule has 0 aromatic heterocycles. The van der Waals surface area contributed by atoms with Crippen molar-refractivity contribution in [1.82, 2.24) is 0 Å². The average Bonchev–Trinajstić information content (AvgIpc) is 4.43. The Morgan fingerprint density at radius 2 is 1.27 bits per heavy atom. The molecular weight excluding hydrogens is 1060 g/mol. The van der Waals surface area contributed by atoms with Crippen LogP contribution in [0.5, 0.6) is 0 Å². The van der Waals surface area contributed by atoms with Crippen molar-refractivity contribution >= 4 is 5.97 Å². The number of carbonyl (C=O) groups excluding carboxylic acids is 1. The van der Waals surface area contributed by atoms with Crippen LogP contribution in [0, 0.1) is 23.7 Å². The van der Waals surface area contributed by atoms with E-state index in [0.29, 0.717) is 77.0 Å². The first-order chi connectivity index (χ1) is 38.8. The van der Waals surface area contributed by atoms with Crippen LogP contribution in [-0.2, 0) is 75.8 Å². The third-order valence-electron chi connectivity index (χ3n) is 22.2. The summed E-state index contributed by atoms with van der Waals surface area (Å²) in [5.41, 5.74) is 1.99. The van der Waals surface area contributed by atoms with Crippen molar-refractivity contribution in [3.8, 4) is 0 Å². The highest BCUT2D eigenvalue weighted by Gasteiger charge is 2.79. The maximum absolute atomic E-state index is 14.6. The quantitative estimate of drug-likeness (QED) is 0.200. The zero-order valence-corrected chi connectivity index (χ0v) is 47.2. The first kappa shape index (κ1) is 55.7. The molecule has 452 valence electrons. The van der Waals surface area contributed by atoms with Crippen LogP contribution in [0.1, 0.15) is 137 Å². The summed E-state index contributed by atoms with van der Waals surface area (Å²) in [5, 5.41) is 54.2. The standard InChI is InChI=1S/C60H86O21/c1-25-13-32-7-9-36-26(2)14-34(67-36)11-12-59-56(65)60(66)55(81-59)54-53(80-60)52(79-59)51-37(71-54)10-8-33(69-51)16-46(64)74-50-30(6)49-42(70-41(50)17-38(68-32)29(25)5)19-40-44(73-49)22-58(75-40)23-45-48(78-58)28(4)21-57(77-45)20-27(3)47-43(76-57)18-39(72-47)35(63)15-31(62)24-61/h25,27-28,30-45,47-56,61-63,65-66H,2,5,7-24H2,1,3-4,6H3/t25-,27+,28+,30+,31-,32+,33-,34+,35+,36+,37+,38-,39+,40-,41+,42+,43+,44-,45+,47+,48+,49+,50-,51+,52+,53+,54-,55-,56+,57-,58+,59-,60-/m1/s1. The molecule has 0 radical (unpaired) electrons. The highest BCUT2D eigenvalue weighted by molar-refractivity contribution is 5.70. The van der Waals surface area contributed by atoms with E-state index in [-0.39, 0.29) is 110 Å². The molecule has 33 atom stereocenters. The van der Waals surface area contributed by atoms with E-state index in [1.165, 1.54) is 0 Å². The Balaban J connectivity index is 0.660. The fourth-order valence-electron chi connectivity index (χ4n) is 18.2. The third kappa shape index (κ3) is 9.28. The zero-order valence-electron chi connectivity index (χ0n) is 47.2. The minimum Gasteiger partial charge on any atom is -0.459 e. The van der Waals surface area contributed by atoms with Crippen LogP contribution < -0.4 is 0 Å². The number of carbonyl (C=O) groups is 1. The normalized spacial score (nSPS) is 57.9. The van der Waals surface area contributed by atoms with Gasteiger partial charge in [0.2, 0.25) is 11.6 Å². The van der Waals surface area contributed by atoms with Crippen LogP contribution in [0.15, 0.2) is 24.3 Å². The molecule has 21 nitrogen and oxygen atoms in total. The highest BCUT2D eigenvalue weighted by atomic mass is 16.8. The average molecular weight is 1140 g/mol. The van der Waals surface area contributed by atoms with E-state index in [0.717, 1.165) is 24.0 Å². The number of hydrogen-bond acceptors (Lipinski definition) is 21. The Kier molecular flexibility index (Phi) is 14.0. The molecule has 16 heterocycles. The summed E-state index contributed by atoms with van der Waals surface area (Å²) >= 11 is 0. The minimum absolute atomic E-state index is 0.0207. The fraction of sp³-hybridized carbons (Fsp3) is 0.917. The number of fused-ring (bicyclic) bond motifs is 10. The van der Waals surface area contributed by atoms with E-state index < -0.39 is 121 Å². The predicted molar refractivity (Wildman–Crippen MR) is 276 cm³/mol. The Morgan fingerprint density at radius 1 is 0.568 bits per heavy atom. The molecule has 16 rings (SSSR count). The topological polar surface area (TPSA) is 257 Å². The Labute approximate surface area is 473 Å². The maximum atomic E-state index is 14.6. The van der Waals surface area contributed by atoms with E-state index in [9.17, 15) is 30.3 Å². The van der Waals surface area contributed by atoms with Crippen molar-refractivity contribution in [2.45, 2.75) is 313 Å². The van der Waals surface area contributed by atoms with Gasteiger partial charge in [-0.1, -0.05) is 40.9 Å². The van der Waals surface area contributed by atoms with Crippen molar-refractivity contribution in [1.29, 1.82) is 0 Å². The summed E-state index contributed by atoms with van der Waals surface area (Å²) in [7, 11) is 0. The summed E-state index contributed by atoms with van der Waals surface area (Å²) in [6, 6.07) is 0. The second kappa shape index (κ2) is 20.4. The lowest BCUT2D eigenvalue weighted by Gasteiger charge is -2.50. The van der Waals surface area contributed by atoms with Crippen molar-refractivity contribution in [3.05, 3.63) is 24.3 Å². The summed E-state index contributed by atoms with van der Waals surface area (Å²) in [5.74, 6) is -5.84. The van der Waals surface area contributed by atoms with Crippen molar-refractivity contribution in [2.24, 2.45) is 23.7 Å². The Morgan fingerprint density at radius 3 is 2.10 bits per heavy atom. The first-order valence-electron chi connectivity index (χ1n) is 31.0. The first-order valence-corrected chi connectivity index (χ1v) is 31.0.